The third-order valence-electron chi connectivity index (χ3n) is 3.56. The molecule has 9 heteroatoms. The number of halogens is 1. The summed E-state index contributed by atoms with van der Waals surface area (Å²) >= 11 is 0. The Balaban J connectivity index is 0.00000264. The van der Waals surface area contributed by atoms with E-state index in [0.717, 1.165) is 4.90 Å². The van der Waals surface area contributed by atoms with Crippen molar-refractivity contribution < 1.29 is 19.1 Å². The number of imide groups is 1. The number of esters is 1. The monoisotopic (exact) mass is 340 g/mol. The molecule has 0 bridgehead atoms. The Morgan fingerprint density at radius 1 is 1.35 bits per heavy atom. The van der Waals surface area contributed by atoms with Gasteiger partial charge in [0.25, 0.3) is 5.91 Å². The molecule has 0 aromatic heterocycles. The van der Waals surface area contributed by atoms with Gasteiger partial charge < -0.3 is 15.8 Å². The minimum atomic E-state index is -1.28. The Bertz CT molecular complexity index is 661. The van der Waals surface area contributed by atoms with Crippen molar-refractivity contribution in [2.45, 2.75) is 12.5 Å². The molecule has 1 saturated heterocycles. The fourth-order valence-corrected chi connectivity index (χ4v) is 2.21. The van der Waals surface area contributed by atoms with Crippen LogP contribution in [0.25, 0.3) is 0 Å². The first kappa shape index (κ1) is 18.4. The number of urea groups is 1. The van der Waals surface area contributed by atoms with Crippen molar-refractivity contribution in [1.82, 2.24) is 10.2 Å². The first-order valence-electron chi connectivity index (χ1n) is 6.45. The molecule has 124 valence electrons. The number of hydrogen-bond donors (Lipinski definition) is 3. The van der Waals surface area contributed by atoms with Crippen LogP contribution in [0.15, 0.2) is 24.3 Å². The van der Waals surface area contributed by atoms with Gasteiger partial charge >= 0.3 is 12.0 Å². The molecule has 0 saturated carbocycles. The first-order valence-corrected chi connectivity index (χ1v) is 6.45. The first-order chi connectivity index (χ1) is 10.3. The van der Waals surface area contributed by atoms with Crippen molar-refractivity contribution in [3.8, 4) is 0 Å². The Morgan fingerprint density at radius 2 is 1.91 bits per heavy atom. The van der Waals surface area contributed by atoms with Gasteiger partial charge in [0.2, 0.25) is 0 Å². The number of amides is 3. The number of nitrogens with one attached hydrogen (secondary N) is 2. The lowest BCUT2D eigenvalue weighted by molar-refractivity contribution is -0.145. The van der Waals surface area contributed by atoms with Crippen LogP contribution in [0.1, 0.15) is 18.1 Å². The van der Waals surface area contributed by atoms with Gasteiger partial charge in [-0.05, 0) is 12.5 Å². The number of rotatable bonds is 4. The molecule has 0 radical (unpaired) electrons. The van der Waals surface area contributed by atoms with E-state index in [0.29, 0.717) is 11.1 Å². The summed E-state index contributed by atoms with van der Waals surface area (Å²) in [5, 5.41) is 9.92. The fraction of sp³-hybridized carbons (Fsp3) is 0.286. The maximum Gasteiger partial charge on any atom is 0.325 e. The SMILES string of the molecule is COC(=O)CN1C(=O)N[C@](C)(c2ccc(C(=N)N)cc2)C1=O.Cl. The van der Waals surface area contributed by atoms with Crippen molar-refractivity contribution in [1.29, 1.82) is 5.41 Å². The van der Waals surface area contributed by atoms with Crippen LogP contribution < -0.4 is 11.1 Å². The zero-order valence-corrected chi connectivity index (χ0v) is 13.4. The quantitative estimate of drug-likeness (QED) is 0.315. The van der Waals surface area contributed by atoms with E-state index in [1.807, 2.05) is 0 Å². The number of nitrogens with zero attached hydrogens (tertiary/aromatic N) is 1. The van der Waals surface area contributed by atoms with Crippen molar-refractivity contribution in [3.63, 3.8) is 0 Å². The number of carbonyl (C=O) groups is 3. The molecule has 0 unspecified atom stereocenters. The topological polar surface area (TPSA) is 126 Å². The normalized spacial score (nSPS) is 19.8. The molecule has 8 nitrogen and oxygen atoms in total. The van der Waals surface area contributed by atoms with E-state index in [1.54, 1.807) is 31.2 Å². The Labute approximate surface area is 138 Å². The molecule has 1 aliphatic rings. The summed E-state index contributed by atoms with van der Waals surface area (Å²) in [7, 11) is 1.18. The average Bonchev–Trinajstić information content (AvgIpc) is 2.71. The van der Waals surface area contributed by atoms with E-state index in [4.69, 9.17) is 11.1 Å². The van der Waals surface area contributed by atoms with Crippen molar-refractivity contribution >= 4 is 36.2 Å². The van der Waals surface area contributed by atoms with E-state index in [9.17, 15) is 14.4 Å². The Kier molecular flexibility index (Phi) is 5.34. The lowest BCUT2D eigenvalue weighted by atomic mass is 9.91. The molecular formula is C14H17ClN4O4. The highest BCUT2D eigenvalue weighted by Gasteiger charge is 2.49. The summed E-state index contributed by atoms with van der Waals surface area (Å²) in [4.78, 5) is 36.5. The van der Waals surface area contributed by atoms with Crippen molar-refractivity contribution in [2.75, 3.05) is 13.7 Å². The highest BCUT2D eigenvalue weighted by Crippen LogP contribution is 2.28. The van der Waals surface area contributed by atoms with Crippen LogP contribution >= 0.6 is 12.4 Å². The van der Waals surface area contributed by atoms with Gasteiger partial charge in [-0.3, -0.25) is 19.9 Å². The molecule has 23 heavy (non-hydrogen) atoms. The highest BCUT2D eigenvalue weighted by atomic mass is 35.5. The predicted octanol–water partition coefficient (Wildman–Crippen LogP) is 0.332. The summed E-state index contributed by atoms with van der Waals surface area (Å²) in [5.41, 5.74) is 5.14. The zero-order chi connectivity index (χ0) is 16.5. The van der Waals surface area contributed by atoms with Crippen LogP contribution in [-0.4, -0.2) is 42.3 Å². The molecule has 3 amide bonds. The number of carbonyl (C=O) groups excluding carboxylic acids is 3. The van der Waals surface area contributed by atoms with Gasteiger partial charge in [-0.25, -0.2) is 4.79 Å². The summed E-state index contributed by atoms with van der Waals surface area (Å²) < 4.78 is 4.47. The van der Waals surface area contributed by atoms with E-state index >= 15 is 0 Å². The molecule has 1 atom stereocenters. The second-order valence-corrected chi connectivity index (χ2v) is 5.01. The standard InChI is InChI=1S/C14H16N4O4.ClH/c1-14(9-5-3-8(4-6-9)11(15)16)12(20)18(13(21)17-14)7-10(19)22-2;/h3-6H,7H2,1-2H3,(H3,15,16)(H,17,21);1H/t14-;/m1./s1. The van der Waals surface area contributed by atoms with Crippen molar-refractivity contribution in [2.24, 2.45) is 5.73 Å². The maximum absolute atomic E-state index is 12.5. The van der Waals surface area contributed by atoms with Crippen LogP contribution in [0.4, 0.5) is 4.79 Å². The van der Waals surface area contributed by atoms with E-state index < -0.39 is 30.0 Å². The smallest absolute Gasteiger partial charge is 0.325 e. The van der Waals surface area contributed by atoms with Crippen LogP contribution in [0.3, 0.4) is 0 Å². The van der Waals surface area contributed by atoms with Gasteiger partial charge in [0, 0.05) is 5.56 Å². The molecule has 1 aliphatic heterocycles. The molecule has 1 heterocycles. The van der Waals surface area contributed by atoms with Crippen LogP contribution in [0.5, 0.6) is 0 Å². The summed E-state index contributed by atoms with van der Waals surface area (Å²) in [6, 6.07) is 5.73. The van der Waals surface area contributed by atoms with Gasteiger partial charge in [-0.2, -0.15) is 0 Å². The largest absolute Gasteiger partial charge is 0.468 e. The number of amidine groups is 1. The van der Waals surface area contributed by atoms with E-state index in [2.05, 4.69) is 10.1 Å². The van der Waals surface area contributed by atoms with Crippen LogP contribution in [0.2, 0.25) is 0 Å². The Morgan fingerprint density at radius 3 is 2.39 bits per heavy atom. The van der Waals surface area contributed by atoms with Gasteiger partial charge in [0.1, 0.15) is 17.9 Å². The summed E-state index contributed by atoms with van der Waals surface area (Å²) in [5.74, 6) is -1.32. The number of nitrogen functional groups attached to an aromatic ring is 1. The minimum Gasteiger partial charge on any atom is -0.468 e. The molecule has 1 fully saturated rings. The predicted molar refractivity (Wildman–Crippen MR) is 84.3 cm³/mol. The van der Waals surface area contributed by atoms with E-state index in [1.165, 1.54) is 7.11 Å². The van der Waals surface area contributed by atoms with Crippen LogP contribution in [0, 0.1) is 5.41 Å². The molecule has 2 rings (SSSR count). The lowest BCUT2D eigenvalue weighted by Crippen LogP contribution is -2.41. The third kappa shape index (κ3) is 3.26. The molecule has 1 aromatic rings. The Hall–Kier alpha value is -2.61. The van der Waals surface area contributed by atoms with E-state index in [-0.39, 0.29) is 18.2 Å². The number of hydrogen-bond acceptors (Lipinski definition) is 5. The van der Waals surface area contributed by atoms with Crippen LogP contribution in [-0.2, 0) is 19.9 Å². The fourth-order valence-electron chi connectivity index (χ4n) is 2.21. The summed E-state index contributed by atoms with van der Waals surface area (Å²) in [6.07, 6.45) is 0. The number of methoxy groups -OCH3 is 1. The molecule has 0 aliphatic carbocycles. The zero-order valence-electron chi connectivity index (χ0n) is 12.6. The molecular weight excluding hydrogens is 324 g/mol. The van der Waals surface area contributed by atoms with Gasteiger partial charge in [0.15, 0.2) is 0 Å². The summed E-state index contributed by atoms with van der Waals surface area (Å²) in [6.45, 7) is 1.11. The van der Waals surface area contributed by atoms with Gasteiger partial charge in [-0.1, -0.05) is 24.3 Å². The highest BCUT2D eigenvalue weighted by molar-refractivity contribution is 6.09. The number of nitrogens with two attached hydrogens (primary N) is 1. The van der Waals surface area contributed by atoms with Gasteiger partial charge in [-0.15, -0.1) is 12.4 Å². The average molecular weight is 341 g/mol. The van der Waals surface area contributed by atoms with Crippen molar-refractivity contribution in [3.05, 3.63) is 35.4 Å². The second kappa shape index (κ2) is 6.66. The number of benzene rings is 1. The second-order valence-electron chi connectivity index (χ2n) is 5.01. The lowest BCUT2D eigenvalue weighted by Gasteiger charge is -2.22. The molecule has 1 aromatic carbocycles. The molecule has 0 spiro atoms. The number of ether oxygens (including phenoxy) is 1. The third-order valence-corrected chi connectivity index (χ3v) is 3.56. The van der Waals surface area contributed by atoms with Gasteiger partial charge in [0.05, 0.1) is 7.11 Å². The maximum atomic E-state index is 12.5. The minimum absolute atomic E-state index is 0. The molecule has 4 N–H and O–H groups in total.